The van der Waals surface area contributed by atoms with E-state index in [4.69, 9.17) is 21.1 Å². The average molecular weight is 514 g/mol. The maximum absolute atomic E-state index is 12.9. The summed E-state index contributed by atoms with van der Waals surface area (Å²) >= 11 is 6.26. The molecule has 0 spiro atoms. The molecular weight excluding hydrogens is 482 g/mol. The number of amides is 3. The van der Waals surface area contributed by atoms with E-state index in [1.54, 1.807) is 4.90 Å². The maximum Gasteiger partial charge on any atom is 0.410 e. The molecule has 3 amide bonds. The number of carbonyl (C=O) groups is 3. The summed E-state index contributed by atoms with van der Waals surface area (Å²) in [5.41, 5.74) is 4.60. The summed E-state index contributed by atoms with van der Waals surface area (Å²) < 4.78 is 10.5. The fraction of sp³-hybridized carbons (Fsp3) is 0.444. The number of benzene rings is 2. The number of hydrogen-bond donors (Lipinski definition) is 1. The minimum absolute atomic E-state index is 0.0276. The van der Waals surface area contributed by atoms with Crippen LogP contribution in [0.1, 0.15) is 35.1 Å². The van der Waals surface area contributed by atoms with Crippen LogP contribution in [-0.4, -0.2) is 66.8 Å². The molecule has 2 aromatic carbocycles. The number of aryl methyl sites for hydroxylation is 2. The summed E-state index contributed by atoms with van der Waals surface area (Å²) in [5.74, 6) is -0.607. The highest BCUT2D eigenvalue weighted by molar-refractivity contribution is 6.32. The summed E-state index contributed by atoms with van der Waals surface area (Å²) in [6, 6.07) is 11.5. The van der Waals surface area contributed by atoms with E-state index in [2.05, 4.69) is 5.32 Å². The number of anilines is 1. The molecule has 9 heteroatoms. The van der Waals surface area contributed by atoms with Gasteiger partial charge in [-0.25, -0.2) is 14.4 Å². The maximum atomic E-state index is 12.9. The number of rotatable bonds is 5. The van der Waals surface area contributed by atoms with E-state index in [-0.39, 0.29) is 18.5 Å². The lowest BCUT2D eigenvalue weighted by atomic mass is 10.0. The zero-order valence-corrected chi connectivity index (χ0v) is 21.6. The second kappa shape index (κ2) is 11.2. The molecule has 1 fully saturated rings. The molecule has 36 heavy (non-hydrogen) atoms. The van der Waals surface area contributed by atoms with Crippen molar-refractivity contribution in [2.24, 2.45) is 0 Å². The standard InChI is InChI=1S/C27H32ClN3O5/c1-17-14-19(15-18(2)24(17)28)16-23(25(32)35-3)36-27(34)30-11-9-21(10-12-30)31-13-8-20-6-4-5-7-22(20)29-26(31)33/h4-7,14-15,21,23H,8-13,16H2,1-3H3,(H,29,33). The molecule has 0 saturated carbocycles. The van der Waals surface area contributed by atoms with Crippen LogP contribution in [0.3, 0.4) is 0 Å². The molecule has 2 aliphatic rings. The van der Waals surface area contributed by atoms with E-state index >= 15 is 0 Å². The molecule has 2 aliphatic heterocycles. The molecule has 0 aromatic heterocycles. The van der Waals surface area contributed by atoms with Gasteiger partial charge in [0.25, 0.3) is 0 Å². The Morgan fingerprint density at radius 2 is 1.78 bits per heavy atom. The summed E-state index contributed by atoms with van der Waals surface area (Å²) in [7, 11) is 1.28. The van der Waals surface area contributed by atoms with Crippen LogP contribution in [0.2, 0.25) is 5.02 Å². The van der Waals surface area contributed by atoms with Gasteiger partial charge in [-0.05, 0) is 61.4 Å². The predicted octanol–water partition coefficient (Wildman–Crippen LogP) is 4.73. The summed E-state index contributed by atoms with van der Waals surface area (Å²) in [6.45, 7) is 5.29. The van der Waals surface area contributed by atoms with Gasteiger partial charge in [0.2, 0.25) is 6.10 Å². The molecule has 4 rings (SSSR count). The van der Waals surface area contributed by atoms with Gasteiger partial charge in [-0.1, -0.05) is 41.9 Å². The van der Waals surface area contributed by atoms with E-state index in [0.717, 1.165) is 34.4 Å². The first kappa shape index (κ1) is 25.8. The number of methoxy groups -OCH3 is 1. The van der Waals surface area contributed by atoms with Crippen LogP contribution < -0.4 is 5.32 Å². The van der Waals surface area contributed by atoms with Gasteiger partial charge in [0.15, 0.2) is 0 Å². The quantitative estimate of drug-likeness (QED) is 0.584. The normalized spacial score (nSPS) is 17.1. The van der Waals surface area contributed by atoms with Crippen molar-refractivity contribution >= 4 is 35.4 Å². The Morgan fingerprint density at radius 1 is 1.11 bits per heavy atom. The molecule has 2 heterocycles. The number of nitrogens with one attached hydrogen (secondary N) is 1. The van der Waals surface area contributed by atoms with Crippen LogP contribution >= 0.6 is 11.6 Å². The van der Waals surface area contributed by atoms with Gasteiger partial charge in [0.05, 0.1) is 7.11 Å². The van der Waals surface area contributed by atoms with Gasteiger partial charge in [-0.2, -0.15) is 0 Å². The number of nitrogens with zero attached hydrogens (tertiary/aromatic N) is 2. The summed E-state index contributed by atoms with van der Waals surface area (Å²) in [4.78, 5) is 41.6. The van der Waals surface area contributed by atoms with Crippen LogP contribution in [0.5, 0.6) is 0 Å². The van der Waals surface area contributed by atoms with Crippen LogP contribution in [0.15, 0.2) is 36.4 Å². The Morgan fingerprint density at radius 3 is 2.44 bits per heavy atom. The van der Waals surface area contributed by atoms with Crippen molar-refractivity contribution in [1.29, 1.82) is 0 Å². The van der Waals surface area contributed by atoms with Crippen molar-refractivity contribution in [1.82, 2.24) is 9.80 Å². The first-order chi connectivity index (χ1) is 17.3. The van der Waals surface area contributed by atoms with Crippen molar-refractivity contribution in [3.8, 4) is 0 Å². The van der Waals surface area contributed by atoms with Gasteiger partial charge in [0.1, 0.15) is 0 Å². The molecule has 192 valence electrons. The SMILES string of the molecule is COC(=O)C(Cc1cc(C)c(Cl)c(C)c1)OC(=O)N1CCC(N2CCc3ccccc3NC2=O)CC1. The number of piperidine rings is 1. The van der Waals surface area contributed by atoms with Crippen LogP contribution in [0.4, 0.5) is 15.3 Å². The lowest BCUT2D eigenvalue weighted by Crippen LogP contribution is -2.50. The second-order valence-corrected chi connectivity index (χ2v) is 9.77. The van der Waals surface area contributed by atoms with Crippen molar-refractivity contribution in [3.63, 3.8) is 0 Å². The van der Waals surface area contributed by atoms with Gasteiger partial charge in [-0.15, -0.1) is 0 Å². The lowest BCUT2D eigenvalue weighted by molar-refractivity contribution is -0.151. The molecule has 1 N–H and O–H groups in total. The number of fused-ring (bicyclic) bond motifs is 1. The van der Waals surface area contributed by atoms with E-state index in [1.165, 1.54) is 7.11 Å². The molecule has 1 unspecified atom stereocenters. The van der Waals surface area contributed by atoms with Crippen LogP contribution in [0, 0.1) is 13.8 Å². The number of urea groups is 1. The number of likely N-dealkylation sites (tertiary alicyclic amines) is 1. The average Bonchev–Trinajstić information content (AvgIpc) is 3.04. The van der Waals surface area contributed by atoms with Gasteiger partial charge in [-0.3, -0.25) is 0 Å². The topological polar surface area (TPSA) is 88.2 Å². The first-order valence-electron chi connectivity index (χ1n) is 12.2. The fourth-order valence-electron chi connectivity index (χ4n) is 4.97. The van der Waals surface area contributed by atoms with E-state index in [9.17, 15) is 14.4 Å². The Kier molecular flexibility index (Phi) is 8.04. The third-order valence-corrected chi connectivity index (χ3v) is 7.53. The monoisotopic (exact) mass is 513 g/mol. The molecule has 0 bridgehead atoms. The van der Waals surface area contributed by atoms with Crippen molar-refractivity contribution in [3.05, 3.63) is 63.7 Å². The van der Waals surface area contributed by atoms with Gasteiger partial charge < -0.3 is 24.6 Å². The number of hydrogen-bond acceptors (Lipinski definition) is 5. The molecule has 1 saturated heterocycles. The van der Waals surface area contributed by atoms with E-state index in [1.807, 2.05) is 55.1 Å². The number of halogens is 1. The molecule has 0 aliphatic carbocycles. The third-order valence-electron chi connectivity index (χ3n) is 6.93. The minimum atomic E-state index is -1.06. The molecule has 1 atom stereocenters. The first-order valence-corrected chi connectivity index (χ1v) is 12.6. The van der Waals surface area contributed by atoms with Crippen molar-refractivity contribution in [2.75, 3.05) is 32.1 Å². The smallest absolute Gasteiger partial charge is 0.410 e. The van der Waals surface area contributed by atoms with Crippen molar-refractivity contribution < 1.29 is 23.9 Å². The predicted molar refractivity (Wildman–Crippen MR) is 137 cm³/mol. The number of para-hydroxylation sites is 1. The largest absolute Gasteiger partial charge is 0.466 e. The Labute approximate surface area is 216 Å². The van der Waals surface area contributed by atoms with Crippen LogP contribution in [0.25, 0.3) is 0 Å². The number of carbonyl (C=O) groups excluding carboxylic acids is 3. The minimum Gasteiger partial charge on any atom is -0.466 e. The fourth-order valence-corrected chi connectivity index (χ4v) is 5.08. The zero-order valence-electron chi connectivity index (χ0n) is 20.9. The summed E-state index contributed by atoms with van der Waals surface area (Å²) in [6.07, 6.45) is 0.632. The zero-order chi connectivity index (χ0) is 25.8. The van der Waals surface area contributed by atoms with Gasteiger partial charge in [0, 0.05) is 42.8 Å². The number of esters is 1. The van der Waals surface area contributed by atoms with Gasteiger partial charge >= 0.3 is 18.1 Å². The highest BCUT2D eigenvalue weighted by Crippen LogP contribution is 2.26. The Hall–Kier alpha value is -3.26. The van der Waals surface area contributed by atoms with Crippen molar-refractivity contribution in [2.45, 2.75) is 51.7 Å². The van der Waals surface area contributed by atoms with E-state index < -0.39 is 18.2 Å². The van der Waals surface area contributed by atoms with Crippen LogP contribution in [-0.2, 0) is 27.1 Å². The Balaban J connectivity index is 1.35. The second-order valence-electron chi connectivity index (χ2n) is 9.39. The Bertz CT molecular complexity index is 1120. The summed E-state index contributed by atoms with van der Waals surface area (Å²) in [5, 5.41) is 3.68. The molecular formula is C27H32ClN3O5. The highest BCUT2D eigenvalue weighted by Gasteiger charge is 2.33. The molecule has 8 nitrogen and oxygen atoms in total. The molecule has 2 aromatic rings. The highest BCUT2D eigenvalue weighted by atomic mass is 35.5. The third kappa shape index (κ3) is 5.75. The molecule has 0 radical (unpaired) electrons. The lowest BCUT2D eigenvalue weighted by Gasteiger charge is -2.37. The number of ether oxygens (including phenoxy) is 2. The van der Waals surface area contributed by atoms with E-state index in [0.29, 0.717) is 37.5 Å².